The van der Waals surface area contributed by atoms with Gasteiger partial charge in [0.15, 0.2) is 0 Å². The zero-order valence-electron chi connectivity index (χ0n) is 16.9. The van der Waals surface area contributed by atoms with Crippen LogP contribution in [-0.2, 0) is 6.54 Å². The van der Waals surface area contributed by atoms with Crippen molar-refractivity contribution in [1.29, 1.82) is 0 Å². The Hall–Kier alpha value is -3.21. The number of hydrogen-bond donors (Lipinski definition) is 2. The number of para-hydroxylation sites is 2. The van der Waals surface area contributed by atoms with E-state index in [1.54, 1.807) is 0 Å². The van der Waals surface area contributed by atoms with E-state index in [9.17, 15) is 4.79 Å². The largest absolute Gasteiger partial charge is 0.492 e. The fraction of sp³-hybridized carbons (Fsp3) is 0.261. The molecule has 0 unspecified atom stereocenters. The Kier molecular flexibility index (Phi) is 6.04. The third-order valence-electron chi connectivity index (χ3n) is 4.67. The van der Waals surface area contributed by atoms with Gasteiger partial charge in [-0.05, 0) is 69.2 Å². The van der Waals surface area contributed by atoms with E-state index < -0.39 is 0 Å². The first-order chi connectivity index (χ1) is 13.5. The predicted octanol–water partition coefficient (Wildman–Crippen LogP) is 5.12. The summed E-state index contributed by atoms with van der Waals surface area (Å²) in [6.45, 7) is 9.16. The summed E-state index contributed by atoms with van der Waals surface area (Å²) in [5.41, 5.74) is 6.37. The van der Waals surface area contributed by atoms with Gasteiger partial charge < -0.3 is 19.9 Å². The van der Waals surface area contributed by atoms with E-state index in [1.807, 2.05) is 31.2 Å². The smallest absolute Gasteiger partial charge is 0.319 e. The van der Waals surface area contributed by atoms with E-state index in [1.165, 1.54) is 5.56 Å². The molecule has 1 aromatic heterocycles. The van der Waals surface area contributed by atoms with Gasteiger partial charge in [-0.15, -0.1) is 0 Å². The van der Waals surface area contributed by atoms with Crippen LogP contribution in [0.5, 0.6) is 5.75 Å². The maximum atomic E-state index is 12.4. The van der Waals surface area contributed by atoms with Gasteiger partial charge in [-0.1, -0.05) is 24.3 Å². The van der Waals surface area contributed by atoms with Gasteiger partial charge >= 0.3 is 6.03 Å². The van der Waals surface area contributed by atoms with Gasteiger partial charge in [0.1, 0.15) is 5.75 Å². The van der Waals surface area contributed by atoms with E-state index in [0.29, 0.717) is 24.6 Å². The molecule has 3 aromatic rings. The summed E-state index contributed by atoms with van der Waals surface area (Å²) in [6.07, 6.45) is 0. The molecular formula is C23H27N3O2. The summed E-state index contributed by atoms with van der Waals surface area (Å²) >= 11 is 0. The van der Waals surface area contributed by atoms with E-state index >= 15 is 0 Å². The molecule has 0 aliphatic carbocycles. The summed E-state index contributed by atoms with van der Waals surface area (Å²) in [5.74, 6) is 0.665. The number of carbonyl (C=O) groups is 1. The van der Waals surface area contributed by atoms with Crippen LogP contribution in [0.15, 0.2) is 54.6 Å². The number of aryl methyl sites for hydroxylation is 2. The normalized spacial score (nSPS) is 10.6. The number of aromatic nitrogens is 1. The van der Waals surface area contributed by atoms with Crippen LogP contribution in [0.3, 0.4) is 0 Å². The van der Waals surface area contributed by atoms with Gasteiger partial charge in [0, 0.05) is 23.6 Å². The summed E-state index contributed by atoms with van der Waals surface area (Å²) in [6, 6.07) is 17.7. The molecule has 0 fully saturated rings. The maximum absolute atomic E-state index is 12.4. The number of nitrogens with one attached hydrogen (secondary N) is 2. The number of hydrogen-bond acceptors (Lipinski definition) is 2. The van der Waals surface area contributed by atoms with Crippen molar-refractivity contribution in [3.8, 4) is 11.4 Å². The zero-order chi connectivity index (χ0) is 20.1. The number of amides is 2. The molecule has 2 N–H and O–H groups in total. The van der Waals surface area contributed by atoms with Gasteiger partial charge in [0.2, 0.25) is 0 Å². The molecule has 0 bridgehead atoms. The number of anilines is 1. The lowest BCUT2D eigenvalue weighted by atomic mass is 10.2. The van der Waals surface area contributed by atoms with Crippen LogP contribution < -0.4 is 15.4 Å². The summed E-state index contributed by atoms with van der Waals surface area (Å²) in [7, 11) is 0. The summed E-state index contributed by atoms with van der Waals surface area (Å²) in [5, 5.41) is 5.81. The molecule has 0 saturated carbocycles. The topological polar surface area (TPSA) is 55.3 Å². The molecule has 5 heteroatoms. The molecule has 0 aliphatic rings. The Morgan fingerprint density at radius 2 is 1.82 bits per heavy atom. The highest BCUT2D eigenvalue weighted by atomic mass is 16.5. The number of urea groups is 1. The minimum atomic E-state index is -0.257. The van der Waals surface area contributed by atoms with Crippen LogP contribution in [-0.4, -0.2) is 17.2 Å². The SMILES string of the molecule is CCOc1ccccc1NC(=O)NCc1cc(C)n(-c2cccc(C)c2)c1C. The molecule has 2 aromatic carbocycles. The van der Waals surface area contributed by atoms with Crippen molar-refractivity contribution in [1.82, 2.24) is 9.88 Å². The Morgan fingerprint density at radius 1 is 1.04 bits per heavy atom. The molecule has 0 radical (unpaired) electrons. The second-order valence-electron chi connectivity index (χ2n) is 6.81. The van der Waals surface area contributed by atoms with E-state index in [4.69, 9.17) is 4.74 Å². The number of carbonyl (C=O) groups excluding carboxylic acids is 1. The lowest BCUT2D eigenvalue weighted by Crippen LogP contribution is -2.28. The highest BCUT2D eigenvalue weighted by Crippen LogP contribution is 2.24. The molecule has 5 nitrogen and oxygen atoms in total. The third-order valence-corrected chi connectivity index (χ3v) is 4.67. The van der Waals surface area contributed by atoms with Gasteiger partial charge in [-0.3, -0.25) is 0 Å². The van der Waals surface area contributed by atoms with Crippen LogP contribution in [0.1, 0.15) is 29.4 Å². The van der Waals surface area contributed by atoms with E-state index in [2.05, 4.69) is 66.3 Å². The third kappa shape index (κ3) is 4.36. The first-order valence-electron chi connectivity index (χ1n) is 9.51. The lowest BCUT2D eigenvalue weighted by molar-refractivity contribution is 0.251. The second-order valence-corrected chi connectivity index (χ2v) is 6.81. The van der Waals surface area contributed by atoms with Crippen LogP contribution >= 0.6 is 0 Å². The van der Waals surface area contributed by atoms with Crippen LogP contribution in [0.2, 0.25) is 0 Å². The average molecular weight is 377 g/mol. The first kappa shape index (κ1) is 19.5. The Morgan fingerprint density at radius 3 is 2.57 bits per heavy atom. The molecule has 28 heavy (non-hydrogen) atoms. The van der Waals surface area contributed by atoms with Gasteiger partial charge in [0.25, 0.3) is 0 Å². The first-order valence-corrected chi connectivity index (χ1v) is 9.51. The molecule has 0 aliphatic heterocycles. The van der Waals surface area contributed by atoms with Crippen molar-refractivity contribution in [2.45, 2.75) is 34.2 Å². The lowest BCUT2D eigenvalue weighted by Gasteiger charge is -2.13. The molecule has 146 valence electrons. The molecule has 3 rings (SSSR count). The average Bonchev–Trinajstić information content (AvgIpc) is 2.95. The zero-order valence-corrected chi connectivity index (χ0v) is 16.9. The summed E-state index contributed by atoms with van der Waals surface area (Å²) < 4.78 is 7.77. The predicted molar refractivity (Wildman–Crippen MR) is 113 cm³/mol. The fourth-order valence-electron chi connectivity index (χ4n) is 3.37. The van der Waals surface area contributed by atoms with E-state index in [-0.39, 0.29) is 6.03 Å². The molecular weight excluding hydrogens is 350 g/mol. The Bertz CT molecular complexity index is 976. The second kappa shape index (κ2) is 8.65. The van der Waals surface area contributed by atoms with Gasteiger partial charge in [-0.2, -0.15) is 0 Å². The van der Waals surface area contributed by atoms with Gasteiger partial charge in [-0.25, -0.2) is 4.79 Å². The van der Waals surface area contributed by atoms with Gasteiger partial charge in [0.05, 0.1) is 12.3 Å². The monoisotopic (exact) mass is 377 g/mol. The number of rotatable bonds is 6. The Labute approximate surface area is 166 Å². The van der Waals surface area contributed by atoms with Crippen molar-refractivity contribution >= 4 is 11.7 Å². The number of nitrogens with zero attached hydrogens (tertiary/aromatic N) is 1. The fourth-order valence-corrected chi connectivity index (χ4v) is 3.37. The highest BCUT2D eigenvalue weighted by Gasteiger charge is 2.12. The van der Waals surface area contributed by atoms with Crippen molar-refractivity contribution in [3.63, 3.8) is 0 Å². The highest BCUT2D eigenvalue weighted by molar-refractivity contribution is 5.90. The minimum Gasteiger partial charge on any atom is -0.492 e. The van der Waals surface area contributed by atoms with Crippen LogP contribution in [0.4, 0.5) is 10.5 Å². The van der Waals surface area contributed by atoms with Crippen LogP contribution in [0.25, 0.3) is 5.69 Å². The van der Waals surface area contributed by atoms with Crippen molar-refractivity contribution < 1.29 is 9.53 Å². The quantitative estimate of drug-likeness (QED) is 0.626. The number of benzene rings is 2. The van der Waals surface area contributed by atoms with Crippen molar-refractivity contribution in [2.24, 2.45) is 0 Å². The molecule has 0 atom stereocenters. The maximum Gasteiger partial charge on any atom is 0.319 e. The van der Waals surface area contributed by atoms with Crippen molar-refractivity contribution in [2.75, 3.05) is 11.9 Å². The minimum absolute atomic E-state index is 0.257. The standard InChI is InChI=1S/C23H27N3O2/c1-5-28-22-12-7-6-11-21(22)25-23(27)24-15-19-14-17(3)26(18(19)4)20-10-8-9-16(2)13-20/h6-14H,5,15H2,1-4H3,(H2,24,25,27). The van der Waals surface area contributed by atoms with Crippen LogP contribution in [0, 0.1) is 20.8 Å². The van der Waals surface area contributed by atoms with E-state index in [0.717, 1.165) is 22.6 Å². The number of ether oxygens (including phenoxy) is 1. The van der Waals surface area contributed by atoms with Crippen molar-refractivity contribution in [3.05, 3.63) is 77.1 Å². The molecule has 2 amide bonds. The molecule has 0 spiro atoms. The molecule has 0 saturated heterocycles. The Balaban J connectivity index is 1.70. The summed E-state index contributed by atoms with van der Waals surface area (Å²) in [4.78, 5) is 12.4. The molecule has 1 heterocycles.